The van der Waals surface area contributed by atoms with Gasteiger partial charge in [-0.1, -0.05) is 0 Å². The van der Waals surface area contributed by atoms with Crippen molar-refractivity contribution in [3.63, 3.8) is 0 Å². The summed E-state index contributed by atoms with van der Waals surface area (Å²) >= 11 is 0. The SMILES string of the molecule is Cn1ccc(S(=O)(=O)N2CC(O)C[C@H]2C(=O)O)c1. The molecule has 1 aliphatic heterocycles. The Hall–Kier alpha value is -1.38. The van der Waals surface area contributed by atoms with Crippen LogP contribution in [0.1, 0.15) is 6.42 Å². The number of hydrogen-bond donors (Lipinski definition) is 2. The van der Waals surface area contributed by atoms with Gasteiger partial charge in [0.05, 0.1) is 11.0 Å². The molecule has 1 fully saturated rings. The van der Waals surface area contributed by atoms with Gasteiger partial charge in [-0.15, -0.1) is 0 Å². The quantitative estimate of drug-likeness (QED) is 0.754. The highest BCUT2D eigenvalue weighted by Gasteiger charge is 2.43. The van der Waals surface area contributed by atoms with E-state index in [2.05, 4.69) is 0 Å². The molecule has 0 aliphatic carbocycles. The molecule has 2 heterocycles. The van der Waals surface area contributed by atoms with Gasteiger partial charge in [-0.3, -0.25) is 4.79 Å². The third kappa shape index (κ3) is 2.14. The first-order chi connectivity index (χ1) is 8.32. The molecule has 0 saturated carbocycles. The maximum Gasteiger partial charge on any atom is 0.322 e. The molecule has 8 heteroatoms. The number of carboxylic acids is 1. The molecular weight excluding hydrogens is 260 g/mol. The van der Waals surface area contributed by atoms with E-state index in [4.69, 9.17) is 5.11 Å². The van der Waals surface area contributed by atoms with E-state index in [0.717, 1.165) is 4.31 Å². The summed E-state index contributed by atoms with van der Waals surface area (Å²) < 4.78 is 26.9. The molecule has 0 radical (unpaired) electrons. The van der Waals surface area contributed by atoms with Gasteiger partial charge >= 0.3 is 5.97 Å². The molecular formula is C10H14N2O5S. The Balaban J connectivity index is 2.38. The fraction of sp³-hybridized carbons (Fsp3) is 0.500. The molecule has 1 aromatic rings. The fourth-order valence-corrected chi connectivity index (χ4v) is 3.72. The predicted molar refractivity (Wildman–Crippen MR) is 61.4 cm³/mol. The van der Waals surface area contributed by atoms with E-state index in [9.17, 15) is 18.3 Å². The minimum absolute atomic E-state index is 0.0327. The van der Waals surface area contributed by atoms with Crippen molar-refractivity contribution in [3.05, 3.63) is 18.5 Å². The van der Waals surface area contributed by atoms with Crippen LogP contribution in [0.2, 0.25) is 0 Å². The summed E-state index contributed by atoms with van der Waals surface area (Å²) in [6.45, 7) is -0.186. The summed E-state index contributed by atoms with van der Waals surface area (Å²) in [6.07, 6.45) is 1.94. The van der Waals surface area contributed by atoms with Crippen LogP contribution in [0.3, 0.4) is 0 Å². The average molecular weight is 274 g/mol. The lowest BCUT2D eigenvalue weighted by Gasteiger charge is -2.19. The molecule has 2 N–H and O–H groups in total. The fourth-order valence-electron chi connectivity index (χ4n) is 2.04. The highest BCUT2D eigenvalue weighted by Crippen LogP contribution is 2.26. The molecule has 7 nitrogen and oxygen atoms in total. The average Bonchev–Trinajstić information content (AvgIpc) is 2.84. The first kappa shape index (κ1) is 13.1. The van der Waals surface area contributed by atoms with Crippen molar-refractivity contribution in [1.82, 2.24) is 8.87 Å². The minimum Gasteiger partial charge on any atom is -0.480 e. The van der Waals surface area contributed by atoms with Crippen molar-refractivity contribution in [1.29, 1.82) is 0 Å². The van der Waals surface area contributed by atoms with E-state index in [-0.39, 0.29) is 17.9 Å². The van der Waals surface area contributed by atoms with Gasteiger partial charge in [-0.25, -0.2) is 8.42 Å². The zero-order chi connectivity index (χ0) is 13.5. The van der Waals surface area contributed by atoms with Gasteiger partial charge in [0, 0.05) is 32.4 Å². The molecule has 0 bridgehead atoms. The molecule has 100 valence electrons. The van der Waals surface area contributed by atoms with Gasteiger partial charge in [0.2, 0.25) is 10.0 Å². The van der Waals surface area contributed by atoms with E-state index >= 15 is 0 Å². The van der Waals surface area contributed by atoms with Gasteiger partial charge in [0.25, 0.3) is 0 Å². The van der Waals surface area contributed by atoms with Crippen molar-refractivity contribution in [2.45, 2.75) is 23.5 Å². The second-order valence-corrected chi connectivity index (χ2v) is 6.22. The number of carboxylic acid groups (broad SMARTS) is 1. The number of β-amino-alcohol motifs (C(OH)–C–C–N with tert-alkyl or cyclic N) is 1. The van der Waals surface area contributed by atoms with Crippen LogP contribution < -0.4 is 0 Å². The maximum absolute atomic E-state index is 12.2. The Kier molecular flexibility index (Phi) is 3.18. The summed E-state index contributed by atoms with van der Waals surface area (Å²) in [5, 5.41) is 18.5. The molecule has 18 heavy (non-hydrogen) atoms. The molecule has 1 saturated heterocycles. The number of sulfonamides is 1. The summed E-state index contributed by atoms with van der Waals surface area (Å²) in [5.74, 6) is -1.24. The number of hydrogen-bond acceptors (Lipinski definition) is 4. The highest BCUT2D eigenvalue weighted by molar-refractivity contribution is 7.89. The number of aromatic nitrogens is 1. The van der Waals surface area contributed by atoms with E-state index in [1.165, 1.54) is 12.3 Å². The van der Waals surface area contributed by atoms with Gasteiger partial charge in [-0.05, 0) is 6.07 Å². The van der Waals surface area contributed by atoms with Crippen molar-refractivity contribution in [3.8, 4) is 0 Å². The van der Waals surface area contributed by atoms with E-state index < -0.39 is 28.1 Å². The number of nitrogens with zero attached hydrogens (tertiary/aromatic N) is 2. The summed E-state index contributed by atoms with van der Waals surface area (Å²) in [6, 6.07) is 0.198. The monoisotopic (exact) mass is 274 g/mol. The molecule has 0 spiro atoms. The number of aliphatic hydroxyl groups excluding tert-OH is 1. The first-order valence-corrected chi connectivity index (χ1v) is 6.81. The molecule has 1 unspecified atom stereocenters. The normalized spacial score (nSPS) is 25.4. The Morgan fingerprint density at radius 3 is 2.67 bits per heavy atom. The van der Waals surface area contributed by atoms with Gasteiger partial charge in [0.1, 0.15) is 6.04 Å². The largest absolute Gasteiger partial charge is 0.480 e. The highest BCUT2D eigenvalue weighted by atomic mass is 32.2. The van der Waals surface area contributed by atoms with Crippen molar-refractivity contribution in [2.24, 2.45) is 7.05 Å². The standard InChI is InChI=1S/C10H14N2O5S/c1-11-3-2-8(6-11)18(16,17)12-5-7(13)4-9(12)10(14)15/h2-3,6-7,9,13H,4-5H2,1H3,(H,14,15)/t7?,9-/m0/s1. The van der Waals surface area contributed by atoms with Gasteiger partial charge in [-0.2, -0.15) is 4.31 Å². The second kappa shape index (κ2) is 4.38. The van der Waals surface area contributed by atoms with Crippen LogP contribution in [-0.2, 0) is 21.9 Å². The van der Waals surface area contributed by atoms with E-state index in [1.807, 2.05) is 0 Å². The number of rotatable bonds is 3. The Morgan fingerprint density at radius 1 is 1.50 bits per heavy atom. The zero-order valence-corrected chi connectivity index (χ0v) is 10.5. The number of aliphatic carboxylic acids is 1. The molecule has 2 rings (SSSR count). The van der Waals surface area contributed by atoms with Crippen LogP contribution in [0.5, 0.6) is 0 Å². The third-order valence-corrected chi connectivity index (χ3v) is 4.79. The number of carbonyl (C=O) groups is 1. The Bertz CT molecular complexity index is 565. The molecule has 1 aromatic heterocycles. The Labute approximate surface area is 104 Å². The van der Waals surface area contributed by atoms with E-state index in [1.54, 1.807) is 17.8 Å². The predicted octanol–water partition coefficient (Wildman–Crippen LogP) is -0.766. The zero-order valence-electron chi connectivity index (χ0n) is 9.72. The second-order valence-electron chi connectivity index (χ2n) is 4.33. The van der Waals surface area contributed by atoms with Crippen LogP contribution in [-0.4, -0.2) is 52.2 Å². The van der Waals surface area contributed by atoms with Crippen LogP contribution >= 0.6 is 0 Å². The van der Waals surface area contributed by atoms with Crippen LogP contribution in [0.4, 0.5) is 0 Å². The van der Waals surface area contributed by atoms with E-state index in [0.29, 0.717) is 0 Å². The lowest BCUT2D eigenvalue weighted by molar-refractivity contribution is -0.140. The third-order valence-electron chi connectivity index (χ3n) is 2.93. The smallest absolute Gasteiger partial charge is 0.322 e. The molecule has 0 amide bonds. The van der Waals surface area contributed by atoms with Crippen molar-refractivity contribution in [2.75, 3.05) is 6.54 Å². The van der Waals surface area contributed by atoms with Crippen LogP contribution in [0.15, 0.2) is 23.4 Å². The lowest BCUT2D eigenvalue weighted by Crippen LogP contribution is -2.40. The molecule has 1 aliphatic rings. The summed E-state index contributed by atoms with van der Waals surface area (Å²) in [5.41, 5.74) is 0. The molecule has 0 aromatic carbocycles. The summed E-state index contributed by atoms with van der Waals surface area (Å²) in [7, 11) is -2.20. The van der Waals surface area contributed by atoms with Gasteiger partial charge in [0.15, 0.2) is 0 Å². The van der Waals surface area contributed by atoms with Crippen molar-refractivity contribution < 1.29 is 23.4 Å². The van der Waals surface area contributed by atoms with Crippen LogP contribution in [0, 0.1) is 0 Å². The van der Waals surface area contributed by atoms with Crippen LogP contribution in [0.25, 0.3) is 0 Å². The maximum atomic E-state index is 12.2. The van der Waals surface area contributed by atoms with Crippen molar-refractivity contribution >= 4 is 16.0 Å². The summed E-state index contributed by atoms with van der Waals surface area (Å²) in [4.78, 5) is 11.1. The topological polar surface area (TPSA) is 99.8 Å². The Morgan fingerprint density at radius 2 is 2.17 bits per heavy atom. The number of aryl methyl sites for hydroxylation is 1. The van der Waals surface area contributed by atoms with Gasteiger partial charge < -0.3 is 14.8 Å². The number of aliphatic hydroxyl groups is 1. The molecule has 2 atom stereocenters. The lowest BCUT2D eigenvalue weighted by atomic mass is 10.2. The minimum atomic E-state index is -3.87. The first-order valence-electron chi connectivity index (χ1n) is 5.37.